The van der Waals surface area contributed by atoms with Crippen LogP contribution in [0, 0.1) is 11.8 Å². The Labute approximate surface area is 236 Å². The molecule has 0 bridgehead atoms. The Balaban J connectivity index is 1.35. The Morgan fingerprint density at radius 2 is 1.85 bits per heavy atom. The summed E-state index contributed by atoms with van der Waals surface area (Å²) in [4.78, 5) is 30.5. The molecular weight excluding hydrogens is 510 g/mol. The molecule has 0 spiro atoms. The molecule has 2 heterocycles. The number of benzene rings is 2. The number of rotatable bonds is 8. The van der Waals surface area contributed by atoms with Gasteiger partial charge >= 0.3 is 0 Å². The summed E-state index contributed by atoms with van der Waals surface area (Å²) in [6.45, 7) is 5.80. The minimum absolute atomic E-state index is 0.0102. The lowest BCUT2D eigenvalue weighted by atomic mass is 9.88. The average molecular weight is 552 g/mol. The molecule has 3 aliphatic rings. The molecule has 0 unspecified atom stereocenters. The lowest BCUT2D eigenvalue weighted by Gasteiger charge is -2.38. The number of aliphatic hydroxyl groups is 1. The second-order valence-corrected chi connectivity index (χ2v) is 11.5. The fourth-order valence-electron chi connectivity index (χ4n) is 5.85. The number of likely N-dealkylation sites (N-methyl/N-ethyl adjacent to an activating group) is 1. The summed E-state index contributed by atoms with van der Waals surface area (Å²) in [7, 11) is 2.05. The molecule has 5 rings (SSSR count). The minimum atomic E-state index is -0.353. The minimum Gasteiger partial charge on any atom is -0.488 e. The first-order valence-electron chi connectivity index (χ1n) is 14.4. The van der Waals surface area contributed by atoms with Gasteiger partial charge in [-0.3, -0.25) is 14.5 Å². The van der Waals surface area contributed by atoms with Crippen LogP contribution in [0.15, 0.2) is 36.4 Å². The zero-order valence-corrected chi connectivity index (χ0v) is 23.7. The first-order valence-corrected chi connectivity index (χ1v) is 14.4. The van der Waals surface area contributed by atoms with E-state index in [0.29, 0.717) is 36.6 Å². The van der Waals surface area contributed by atoms with E-state index >= 15 is 0 Å². The topological polar surface area (TPSA) is 101 Å². The van der Waals surface area contributed by atoms with Gasteiger partial charge in [-0.1, -0.05) is 32.3 Å². The predicted molar refractivity (Wildman–Crippen MR) is 152 cm³/mol. The molecule has 0 aromatic heterocycles. The van der Waals surface area contributed by atoms with Crippen LogP contribution in [0.1, 0.15) is 61.9 Å². The molecule has 1 fully saturated rings. The van der Waals surface area contributed by atoms with E-state index in [1.165, 1.54) is 6.42 Å². The molecule has 0 saturated heterocycles. The smallest absolute Gasteiger partial charge is 0.258 e. The van der Waals surface area contributed by atoms with Crippen LogP contribution < -0.4 is 19.5 Å². The van der Waals surface area contributed by atoms with Crippen LogP contribution in [0.3, 0.4) is 0 Å². The maximum atomic E-state index is 13.7. The lowest BCUT2D eigenvalue weighted by Crippen LogP contribution is -2.49. The van der Waals surface area contributed by atoms with Gasteiger partial charge in [0, 0.05) is 37.2 Å². The number of hydrogen-bond acceptors (Lipinski definition) is 7. The zero-order chi connectivity index (χ0) is 28.2. The number of ether oxygens (including phenoxy) is 3. The average Bonchev–Trinajstić information content (AvgIpc) is 3.43. The van der Waals surface area contributed by atoms with Crippen molar-refractivity contribution in [1.29, 1.82) is 0 Å². The van der Waals surface area contributed by atoms with E-state index in [1.54, 1.807) is 17.0 Å². The van der Waals surface area contributed by atoms with Crippen LogP contribution >= 0.6 is 0 Å². The van der Waals surface area contributed by atoms with Gasteiger partial charge in [0.05, 0.1) is 18.2 Å². The van der Waals surface area contributed by atoms with Crippen LogP contribution in [-0.4, -0.2) is 72.4 Å². The Morgan fingerprint density at radius 3 is 2.62 bits per heavy atom. The van der Waals surface area contributed by atoms with Gasteiger partial charge in [0.2, 0.25) is 12.7 Å². The van der Waals surface area contributed by atoms with Crippen molar-refractivity contribution in [3.8, 4) is 17.2 Å². The zero-order valence-electron chi connectivity index (χ0n) is 23.7. The number of carbonyl (C=O) groups excluding carboxylic acids is 2. The molecule has 2 amide bonds. The molecule has 40 heavy (non-hydrogen) atoms. The van der Waals surface area contributed by atoms with Crippen molar-refractivity contribution >= 4 is 17.5 Å². The second-order valence-electron chi connectivity index (χ2n) is 11.5. The number of fused-ring (bicyclic) bond motifs is 2. The van der Waals surface area contributed by atoms with Crippen LogP contribution in [0.5, 0.6) is 17.2 Å². The van der Waals surface area contributed by atoms with E-state index < -0.39 is 0 Å². The van der Waals surface area contributed by atoms with Crippen LogP contribution in [0.25, 0.3) is 0 Å². The van der Waals surface area contributed by atoms with E-state index in [1.807, 2.05) is 38.2 Å². The van der Waals surface area contributed by atoms with Crippen molar-refractivity contribution < 1.29 is 28.9 Å². The summed E-state index contributed by atoms with van der Waals surface area (Å²) in [5.41, 5.74) is 2.10. The van der Waals surface area contributed by atoms with E-state index in [9.17, 15) is 14.7 Å². The summed E-state index contributed by atoms with van der Waals surface area (Å²) < 4.78 is 17.5. The quantitative estimate of drug-likeness (QED) is 0.505. The molecule has 9 heteroatoms. The standard InChI is InChI=1S/C31H41N3O6/c1-20-15-34(21(2)18-35)31(37)25-14-24(32-30(36)23-7-5-4-6-8-23)10-12-26(25)40-29(20)17-33(3)16-22-9-11-27-28(13-22)39-19-38-27/h9-14,20-21,23,29,35H,4-8,15-19H2,1-3H3,(H,32,36)/t20-,21-,29+/m1/s1. The molecule has 2 N–H and O–H groups in total. The largest absolute Gasteiger partial charge is 0.488 e. The second kappa shape index (κ2) is 12.5. The summed E-state index contributed by atoms with van der Waals surface area (Å²) in [5, 5.41) is 13.0. The van der Waals surface area contributed by atoms with Crippen LogP contribution in [-0.2, 0) is 11.3 Å². The maximum Gasteiger partial charge on any atom is 0.258 e. The highest BCUT2D eigenvalue weighted by Gasteiger charge is 2.34. The van der Waals surface area contributed by atoms with Gasteiger partial charge in [-0.15, -0.1) is 0 Å². The van der Waals surface area contributed by atoms with E-state index in [-0.39, 0.29) is 49.2 Å². The molecule has 3 atom stereocenters. The first kappa shape index (κ1) is 28.2. The maximum absolute atomic E-state index is 13.7. The molecule has 2 aliphatic heterocycles. The fourth-order valence-corrected chi connectivity index (χ4v) is 5.85. The molecule has 0 radical (unpaired) electrons. The third-order valence-electron chi connectivity index (χ3n) is 8.29. The highest BCUT2D eigenvalue weighted by atomic mass is 16.7. The van der Waals surface area contributed by atoms with Gasteiger partial charge in [-0.05, 0) is 62.7 Å². The molecule has 1 aliphatic carbocycles. The summed E-state index contributed by atoms with van der Waals surface area (Å²) in [6.07, 6.45) is 4.93. The molecule has 9 nitrogen and oxygen atoms in total. The predicted octanol–water partition coefficient (Wildman–Crippen LogP) is 4.29. The Kier molecular flexibility index (Phi) is 8.81. The molecular formula is C31H41N3O6. The molecule has 216 valence electrons. The number of anilines is 1. The number of aliphatic hydroxyl groups excluding tert-OH is 1. The van der Waals surface area contributed by atoms with Crippen LogP contribution in [0.4, 0.5) is 5.69 Å². The van der Waals surface area contributed by atoms with Gasteiger partial charge < -0.3 is 29.5 Å². The monoisotopic (exact) mass is 551 g/mol. The van der Waals surface area contributed by atoms with Crippen molar-refractivity contribution in [3.05, 3.63) is 47.5 Å². The first-order chi connectivity index (χ1) is 19.3. The molecule has 2 aromatic rings. The van der Waals surface area contributed by atoms with E-state index in [2.05, 4.69) is 17.1 Å². The SMILES string of the molecule is C[C@@H]1CN([C@H](C)CO)C(=O)c2cc(NC(=O)C3CCCCC3)ccc2O[C@H]1CN(C)Cc1ccc2c(c1)OCO2. The number of amides is 2. The van der Waals surface area contributed by atoms with Gasteiger partial charge in [0.15, 0.2) is 11.5 Å². The van der Waals surface area contributed by atoms with Crippen molar-refractivity contribution in [2.75, 3.05) is 38.9 Å². The van der Waals surface area contributed by atoms with Crippen molar-refractivity contribution in [3.63, 3.8) is 0 Å². The Bertz CT molecular complexity index is 1210. The normalized spacial score (nSPS) is 21.8. The van der Waals surface area contributed by atoms with Crippen molar-refractivity contribution in [2.45, 2.75) is 64.6 Å². The molecule has 2 aromatic carbocycles. The van der Waals surface area contributed by atoms with E-state index in [0.717, 1.165) is 42.7 Å². The van der Waals surface area contributed by atoms with Gasteiger partial charge in [0.1, 0.15) is 11.9 Å². The van der Waals surface area contributed by atoms with Crippen molar-refractivity contribution in [1.82, 2.24) is 9.80 Å². The number of nitrogens with one attached hydrogen (secondary N) is 1. The number of nitrogens with zero attached hydrogens (tertiary/aromatic N) is 2. The summed E-state index contributed by atoms with van der Waals surface area (Å²) >= 11 is 0. The lowest BCUT2D eigenvalue weighted by molar-refractivity contribution is -0.120. The number of carbonyl (C=O) groups is 2. The highest BCUT2D eigenvalue weighted by molar-refractivity contribution is 6.00. The summed E-state index contributed by atoms with van der Waals surface area (Å²) in [6, 6.07) is 10.9. The van der Waals surface area contributed by atoms with Gasteiger partial charge in [-0.25, -0.2) is 0 Å². The van der Waals surface area contributed by atoms with Crippen LogP contribution in [0.2, 0.25) is 0 Å². The number of hydrogen-bond donors (Lipinski definition) is 2. The fraction of sp³-hybridized carbons (Fsp3) is 0.548. The highest BCUT2D eigenvalue weighted by Crippen LogP contribution is 2.34. The molecule has 1 saturated carbocycles. The van der Waals surface area contributed by atoms with Gasteiger partial charge in [0.25, 0.3) is 5.91 Å². The van der Waals surface area contributed by atoms with Crippen molar-refractivity contribution in [2.24, 2.45) is 11.8 Å². The Morgan fingerprint density at radius 1 is 1.10 bits per heavy atom. The summed E-state index contributed by atoms with van der Waals surface area (Å²) in [5.74, 6) is 1.84. The third-order valence-corrected chi connectivity index (χ3v) is 8.29. The van der Waals surface area contributed by atoms with E-state index in [4.69, 9.17) is 14.2 Å². The third kappa shape index (κ3) is 6.36. The van der Waals surface area contributed by atoms with Gasteiger partial charge in [-0.2, -0.15) is 0 Å². The Hall–Kier alpha value is -3.30.